The highest BCUT2D eigenvalue weighted by Gasteiger charge is 2.20. The molecule has 1 amide bonds. The van der Waals surface area contributed by atoms with Crippen LogP contribution in [0.3, 0.4) is 0 Å². The Morgan fingerprint density at radius 1 is 1.90 bits per heavy atom. The molecule has 1 rings (SSSR count). The second kappa shape index (κ2) is 3.41. The zero-order chi connectivity index (χ0) is 7.40. The maximum absolute atomic E-state index is 10.5. The number of ether oxygens (including phenoxy) is 1. The predicted molar refractivity (Wildman–Crippen MR) is 36.8 cm³/mol. The van der Waals surface area contributed by atoms with Crippen LogP contribution in [0.2, 0.25) is 0 Å². The van der Waals surface area contributed by atoms with Crippen molar-refractivity contribution < 1.29 is 9.53 Å². The first-order valence-corrected chi connectivity index (χ1v) is 3.47. The van der Waals surface area contributed by atoms with Crippen LogP contribution in [-0.2, 0) is 4.74 Å². The fraction of sp³-hybridized carbons (Fsp3) is 0.833. The number of rotatable bonds is 3. The maximum Gasteiger partial charge on any atom is 0.407 e. The molecular formula is C6H12N2O2. The highest BCUT2D eigenvalue weighted by Crippen LogP contribution is 1.94. The molecule has 0 aromatic heterocycles. The largest absolute Gasteiger partial charge is 0.447 e. The number of carbonyl (C=O) groups excluding carboxylic acids is 1. The molecule has 0 aliphatic carbocycles. The van der Waals surface area contributed by atoms with Crippen molar-refractivity contribution in [2.75, 3.05) is 19.7 Å². The van der Waals surface area contributed by atoms with Crippen molar-refractivity contribution in [2.45, 2.75) is 13.0 Å². The van der Waals surface area contributed by atoms with Crippen LogP contribution in [0.4, 0.5) is 4.79 Å². The third-order valence-electron chi connectivity index (χ3n) is 1.38. The molecule has 4 heteroatoms. The fourth-order valence-electron chi connectivity index (χ4n) is 0.855. The van der Waals surface area contributed by atoms with E-state index in [9.17, 15) is 4.79 Å². The van der Waals surface area contributed by atoms with Crippen molar-refractivity contribution in [1.82, 2.24) is 10.6 Å². The van der Waals surface area contributed by atoms with Gasteiger partial charge in [0.25, 0.3) is 0 Å². The lowest BCUT2D eigenvalue weighted by atomic mass is 10.3. The van der Waals surface area contributed by atoms with Gasteiger partial charge in [-0.15, -0.1) is 0 Å². The summed E-state index contributed by atoms with van der Waals surface area (Å²) in [4.78, 5) is 10.5. The average Bonchev–Trinajstić information content (AvgIpc) is 2.31. The molecule has 1 aliphatic rings. The highest BCUT2D eigenvalue weighted by molar-refractivity contribution is 5.69. The quantitative estimate of drug-likeness (QED) is 0.572. The molecule has 0 spiro atoms. The van der Waals surface area contributed by atoms with E-state index >= 15 is 0 Å². The van der Waals surface area contributed by atoms with Gasteiger partial charge in [-0.2, -0.15) is 0 Å². The van der Waals surface area contributed by atoms with E-state index < -0.39 is 0 Å². The van der Waals surface area contributed by atoms with Crippen molar-refractivity contribution in [2.24, 2.45) is 0 Å². The first-order chi connectivity index (χ1) is 4.83. The molecule has 10 heavy (non-hydrogen) atoms. The Kier molecular flexibility index (Phi) is 2.50. The number of nitrogens with one attached hydrogen (secondary N) is 2. The monoisotopic (exact) mass is 144 g/mol. The van der Waals surface area contributed by atoms with Crippen LogP contribution < -0.4 is 10.6 Å². The van der Waals surface area contributed by atoms with Gasteiger partial charge in [0, 0.05) is 6.54 Å². The van der Waals surface area contributed by atoms with Crippen molar-refractivity contribution >= 4 is 6.09 Å². The van der Waals surface area contributed by atoms with E-state index in [1.54, 1.807) is 0 Å². The molecule has 0 bridgehead atoms. The third kappa shape index (κ3) is 1.88. The molecule has 2 N–H and O–H groups in total. The van der Waals surface area contributed by atoms with Crippen LogP contribution in [0, 0.1) is 0 Å². The summed E-state index contributed by atoms with van der Waals surface area (Å²) in [7, 11) is 0. The number of carbonyl (C=O) groups is 1. The smallest absolute Gasteiger partial charge is 0.407 e. The van der Waals surface area contributed by atoms with E-state index in [2.05, 4.69) is 15.4 Å². The molecule has 58 valence electrons. The summed E-state index contributed by atoms with van der Waals surface area (Å²) in [6.07, 6.45) is -0.303. The summed E-state index contributed by atoms with van der Waals surface area (Å²) in [6.45, 7) is 4.23. The van der Waals surface area contributed by atoms with Gasteiger partial charge in [0.1, 0.15) is 6.61 Å². The molecular weight excluding hydrogens is 132 g/mol. The van der Waals surface area contributed by atoms with E-state index in [0.29, 0.717) is 6.61 Å². The zero-order valence-electron chi connectivity index (χ0n) is 6.02. The Morgan fingerprint density at radius 2 is 2.70 bits per heavy atom. The second-order valence-electron chi connectivity index (χ2n) is 2.25. The Hall–Kier alpha value is -0.770. The van der Waals surface area contributed by atoms with Gasteiger partial charge in [0.2, 0.25) is 0 Å². The molecule has 0 aromatic carbocycles. The van der Waals surface area contributed by atoms with E-state index in [0.717, 1.165) is 13.1 Å². The van der Waals surface area contributed by atoms with Crippen molar-refractivity contribution in [3.63, 3.8) is 0 Å². The van der Waals surface area contributed by atoms with E-state index in [4.69, 9.17) is 0 Å². The molecule has 1 heterocycles. The van der Waals surface area contributed by atoms with Crippen LogP contribution in [0.15, 0.2) is 0 Å². The van der Waals surface area contributed by atoms with Gasteiger partial charge < -0.3 is 15.4 Å². The van der Waals surface area contributed by atoms with E-state index in [1.807, 2.05) is 6.92 Å². The minimum atomic E-state index is -0.303. The van der Waals surface area contributed by atoms with Crippen LogP contribution in [-0.4, -0.2) is 31.8 Å². The lowest BCUT2D eigenvalue weighted by Gasteiger charge is -2.05. The molecule has 0 aromatic rings. The topological polar surface area (TPSA) is 50.4 Å². The van der Waals surface area contributed by atoms with Crippen LogP contribution in [0.1, 0.15) is 6.92 Å². The van der Waals surface area contributed by atoms with Gasteiger partial charge in [-0.3, -0.25) is 0 Å². The molecule has 1 fully saturated rings. The molecule has 1 saturated heterocycles. The lowest BCUT2D eigenvalue weighted by Crippen LogP contribution is -2.36. The number of amides is 1. The van der Waals surface area contributed by atoms with Crippen molar-refractivity contribution in [3.05, 3.63) is 0 Å². The second-order valence-corrected chi connectivity index (χ2v) is 2.25. The molecule has 1 aliphatic heterocycles. The SMILES string of the molecule is CCNCC1COC(=O)N1. The van der Waals surface area contributed by atoms with Crippen LogP contribution in [0.5, 0.6) is 0 Å². The summed E-state index contributed by atoms with van der Waals surface area (Å²) < 4.78 is 4.67. The zero-order valence-corrected chi connectivity index (χ0v) is 6.02. The van der Waals surface area contributed by atoms with Gasteiger partial charge >= 0.3 is 6.09 Å². The third-order valence-corrected chi connectivity index (χ3v) is 1.38. The predicted octanol–water partition coefficient (Wildman–Crippen LogP) is -0.296. The Labute approximate surface area is 59.9 Å². The van der Waals surface area contributed by atoms with Gasteiger partial charge in [0.05, 0.1) is 6.04 Å². The summed E-state index contributed by atoms with van der Waals surface area (Å²) in [5.74, 6) is 0. The standard InChI is InChI=1S/C6H12N2O2/c1-2-7-3-5-4-10-6(9)8-5/h5,7H,2-4H2,1H3,(H,8,9). The Morgan fingerprint density at radius 3 is 3.20 bits per heavy atom. The summed E-state index contributed by atoms with van der Waals surface area (Å²) in [5.41, 5.74) is 0. The number of hydrogen-bond donors (Lipinski definition) is 2. The van der Waals surface area contributed by atoms with Gasteiger partial charge in [-0.05, 0) is 6.54 Å². The summed E-state index contributed by atoms with van der Waals surface area (Å²) >= 11 is 0. The van der Waals surface area contributed by atoms with Crippen molar-refractivity contribution in [1.29, 1.82) is 0 Å². The number of alkyl carbamates (subject to hydrolysis) is 1. The highest BCUT2D eigenvalue weighted by atomic mass is 16.6. The normalized spacial score (nSPS) is 24.1. The first-order valence-electron chi connectivity index (χ1n) is 3.47. The van der Waals surface area contributed by atoms with E-state index in [1.165, 1.54) is 0 Å². The van der Waals surface area contributed by atoms with Crippen molar-refractivity contribution in [3.8, 4) is 0 Å². The maximum atomic E-state index is 10.5. The van der Waals surface area contributed by atoms with Gasteiger partial charge in [0.15, 0.2) is 0 Å². The molecule has 4 nitrogen and oxygen atoms in total. The lowest BCUT2D eigenvalue weighted by molar-refractivity contribution is 0.176. The summed E-state index contributed by atoms with van der Waals surface area (Å²) in [6, 6.07) is 0.160. The minimum absolute atomic E-state index is 0.160. The Bertz CT molecular complexity index is 127. The fourth-order valence-corrected chi connectivity index (χ4v) is 0.855. The van der Waals surface area contributed by atoms with Gasteiger partial charge in [-0.25, -0.2) is 4.79 Å². The number of likely N-dealkylation sites (N-methyl/N-ethyl adjacent to an activating group) is 1. The molecule has 1 unspecified atom stereocenters. The van der Waals surface area contributed by atoms with E-state index in [-0.39, 0.29) is 12.1 Å². The minimum Gasteiger partial charge on any atom is -0.447 e. The summed E-state index contributed by atoms with van der Waals surface area (Å²) in [5, 5.41) is 5.78. The van der Waals surface area contributed by atoms with Crippen LogP contribution >= 0.6 is 0 Å². The Balaban J connectivity index is 2.12. The number of cyclic esters (lactones) is 1. The van der Waals surface area contributed by atoms with Gasteiger partial charge in [-0.1, -0.05) is 6.92 Å². The average molecular weight is 144 g/mol. The van der Waals surface area contributed by atoms with Crippen LogP contribution in [0.25, 0.3) is 0 Å². The number of hydrogen-bond acceptors (Lipinski definition) is 3. The molecule has 0 radical (unpaired) electrons. The first kappa shape index (κ1) is 7.34. The molecule has 1 atom stereocenters. The molecule has 0 saturated carbocycles.